The second kappa shape index (κ2) is 10.9. The Morgan fingerprint density at radius 2 is 1.76 bits per heavy atom. The monoisotopic (exact) mass is 460 g/mol. The summed E-state index contributed by atoms with van der Waals surface area (Å²) in [5, 5.41) is 2.81. The van der Waals surface area contributed by atoms with Crippen LogP contribution in [0.2, 0.25) is 0 Å². The third-order valence-electron chi connectivity index (χ3n) is 6.00. The average molecular weight is 461 g/mol. The van der Waals surface area contributed by atoms with Gasteiger partial charge in [-0.05, 0) is 24.8 Å². The number of aliphatic imine (C=N–C) groups is 1. The van der Waals surface area contributed by atoms with E-state index >= 15 is 0 Å². The van der Waals surface area contributed by atoms with Crippen LogP contribution < -0.4 is 16.0 Å². The lowest BCUT2D eigenvalue weighted by molar-refractivity contribution is -0.135. The van der Waals surface area contributed by atoms with Crippen LogP contribution in [0.25, 0.3) is 0 Å². The van der Waals surface area contributed by atoms with Crippen molar-refractivity contribution in [3.63, 3.8) is 0 Å². The van der Waals surface area contributed by atoms with Gasteiger partial charge in [-0.1, -0.05) is 68.5 Å². The number of likely N-dealkylation sites (N-methyl/N-ethyl adjacent to an activating group) is 1. The number of nitrogens with two attached hydrogens (primary N) is 1. The third-order valence-corrected chi connectivity index (χ3v) is 6.00. The number of carbonyl (C=O) groups is 3. The van der Waals surface area contributed by atoms with Crippen LogP contribution in [0.1, 0.15) is 37.8 Å². The van der Waals surface area contributed by atoms with Crippen LogP contribution in [0.15, 0.2) is 72.2 Å². The normalized spacial score (nSPS) is 17.3. The minimum Gasteiger partial charge on any atom is -0.369 e. The van der Waals surface area contributed by atoms with Gasteiger partial charge in [0.05, 0.1) is 23.2 Å². The number of anilines is 1. The standard InChI is InChI=1S/C27H32N4O3/c1-5-11-19(24(28)32)21(16-17(2)3)26(33)30-25-27(34)31(4)22-15-10-9-14-20(22)23(29-25)18-12-7-6-8-13-18/h5-10,12-15,17,19,21,25H,1,11,16H2,2-4H3,(H2,28,32)(H,30,33)/t19-,21-,25?/m1/s1. The summed E-state index contributed by atoms with van der Waals surface area (Å²) in [7, 11) is 1.67. The Balaban J connectivity index is 2.03. The van der Waals surface area contributed by atoms with Gasteiger partial charge in [0.2, 0.25) is 18.0 Å². The minimum atomic E-state index is -1.15. The van der Waals surface area contributed by atoms with Gasteiger partial charge in [-0.2, -0.15) is 0 Å². The molecule has 0 bridgehead atoms. The summed E-state index contributed by atoms with van der Waals surface area (Å²) in [4.78, 5) is 45.2. The van der Waals surface area contributed by atoms with Crippen molar-refractivity contribution in [3.05, 3.63) is 78.4 Å². The first-order valence-corrected chi connectivity index (χ1v) is 11.4. The van der Waals surface area contributed by atoms with Crippen molar-refractivity contribution < 1.29 is 14.4 Å². The van der Waals surface area contributed by atoms with Crippen LogP contribution in [-0.2, 0) is 14.4 Å². The van der Waals surface area contributed by atoms with Gasteiger partial charge >= 0.3 is 0 Å². The lowest BCUT2D eigenvalue weighted by atomic mass is 9.82. The Morgan fingerprint density at radius 3 is 2.38 bits per heavy atom. The number of hydrogen-bond acceptors (Lipinski definition) is 4. The molecule has 0 spiro atoms. The van der Waals surface area contributed by atoms with E-state index in [4.69, 9.17) is 10.7 Å². The zero-order valence-electron chi connectivity index (χ0n) is 19.9. The fraction of sp³-hybridized carbons (Fsp3) is 0.333. The largest absolute Gasteiger partial charge is 0.369 e. The molecular formula is C27H32N4O3. The van der Waals surface area contributed by atoms with Gasteiger partial charge in [0.15, 0.2) is 0 Å². The second-order valence-corrected chi connectivity index (χ2v) is 8.94. The highest BCUT2D eigenvalue weighted by atomic mass is 16.2. The number of nitrogens with zero attached hydrogens (tertiary/aromatic N) is 2. The van der Waals surface area contributed by atoms with E-state index < -0.39 is 29.8 Å². The van der Waals surface area contributed by atoms with Crippen LogP contribution in [-0.4, -0.2) is 36.6 Å². The molecule has 3 rings (SSSR count). The van der Waals surface area contributed by atoms with Crippen molar-refractivity contribution in [2.24, 2.45) is 28.5 Å². The molecule has 34 heavy (non-hydrogen) atoms. The van der Waals surface area contributed by atoms with E-state index in [1.54, 1.807) is 13.1 Å². The van der Waals surface area contributed by atoms with E-state index in [9.17, 15) is 14.4 Å². The Morgan fingerprint density at radius 1 is 1.12 bits per heavy atom. The van der Waals surface area contributed by atoms with Gasteiger partial charge in [0.1, 0.15) is 0 Å². The summed E-state index contributed by atoms with van der Waals surface area (Å²) in [6, 6.07) is 17.0. The molecule has 1 heterocycles. The van der Waals surface area contributed by atoms with Gasteiger partial charge < -0.3 is 16.0 Å². The molecule has 3 N–H and O–H groups in total. The maximum absolute atomic E-state index is 13.5. The smallest absolute Gasteiger partial charge is 0.272 e. The number of benzodiazepines with no additional fused rings is 1. The molecule has 2 aromatic carbocycles. The van der Waals surface area contributed by atoms with Crippen molar-refractivity contribution in [2.45, 2.75) is 32.9 Å². The molecule has 3 atom stereocenters. The van der Waals surface area contributed by atoms with E-state index in [1.807, 2.05) is 68.4 Å². The zero-order chi connectivity index (χ0) is 24.8. The highest BCUT2D eigenvalue weighted by Crippen LogP contribution is 2.28. The molecule has 0 aliphatic carbocycles. The molecule has 7 heteroatoms. The summed E-state index contributed by atoms with van der Waals surface area (Å²) in [5.41, 5.74) is 8.56. The number of nitrogens with one attached hydrogen (secondary N) is 1. The van der Waals surface area contributed by atoms with Crippen molar-refractivity contribution >= 4 is 29.1 Å². The lowest BCUT2D eigenvalue weighted by Crippen LogP contribution is -2.50. The molecule has 178 valence electrons. The quantitative estimate of drug-likeness (QED) is 0.561. The summed E-state index contributed by atoms with van der Waals surface area (Å²) < 4.78 is 0. The van der Waals surface area contributed by atoms with Crippen molar-refractivity contribution in [1.29, 1.82) is 0 Å². The SMILES string of the molecule is C=CC[C@@H](C(N)=O)[C@@H](CC(C)C)C(=O)NC1N=C(c2ccccc2)c2ccccc2N(C)C1=O. The number of amides is 3. The van der Waals surface area contributed by atoms with Crippen molar-refractivity contribution in [3.8, 4) is 0 Å². The van der Waals surface area contributed by atoms with Crippen LogP contribution >= 0.6 is 0 Å². The maximum atomic E-state index is 13.5. The Labute approximate surface area is 200 Å². The number of fused-ring (bicyclic) bond motifs is 1. The average Bonchev–Trinajstić information content (AvgIpc) is 2.92. The summed E-state index contributed by atoms with van der Waals surface area (Å²) in [6.45, 7) is 7.64. The van der Waals surface area contributed by atoms with Gasteiger partial charge in [-0.25, -0.2) is 4.99 Å². The Bertz CT molecular complexity index is 1090. The minimum absolute atomic E-state index is 0.141. The van der Waals surface area contributed by atoms with Crippen LogP contribution in [0, 0.1) is 17.8 Å². The molecule has 7 nitrogen and oxygen atoms in total. The van der Waals surface area contributed by atoms with Crippen LogP contribution in [0.4, 0.5) is 5.69 Å². The van der Waals surface area contributed by atoms with Crippen molar-refractivity contribution in [2.75, 3.05) is 11.9 Å². The summed E-state index contributed by atoms with van der Waals surface area (Å²) in [5.74, 6) is -2.63. The molecule has 1 aliphatic rings. The summed E-state index contributed by atoms with van der Waals surface area (Å²) >= 11 is 0. The third kappa shape index (κ3) is 5.42. The van der Waals surface area contributed by atoms with E-state index in [0.717, 1.165) is 11.1 Å². The molecule has 2 aromatic rings. The number of rotatable bonds is 9. The number of carbonyl (C=O) groups excluding carboxylic acids is 3. The van der Waals surface area contributed by atoms with Crippen molar-refractivity contribution in [1.82, 2.24) is 5.32 Å². The lowest BCUT2D eigenvalue weighted by Gasteiger charge is -2.27. The number of primary amides is 1. The van der Waals surface area contributed by atoms with E-state index in [-0.39, 0.29) is 18.2 Å². The first-order chi connectivity index (χ1) is 16.2. The maximum Gasteiger partial charge on any atom is 0.272 e. The zero-order valence-corrected chi connectivity index (χ0v) is 19.9. The summed E-state index contributed by atoms with van der Waals surface area (Å²) in [6.07, 6.45) is 1.16. The van der Waals surface area contributed by atoms with Gasteiger partial charge in [-0.3, -0.25) is 14.4 Å². The van der Waals surface area contributed by atoms with Crippen LogP contribution in [0.5, 0.6) is 0 Å². The fourth-order valence-electron chi connectivity index (χ4n) is 4.30. The predicted molar refractivity (Wildman–Crippen MR) is 134 cm³/mol. The van der Waals surface area contributed by atoms with Crippen LogP contribution in [0.3, 0.4) is 0 Å². The number of allylic oxidation sites excluding steroid dienone is 1. The molecular weight excluding hydrogens is 428 g/mol. The number of para-hydroxylation sites is 1. The van der Waals surface area contributed by atoms with Gasteiger partial charge in [-0.15, -0.1) is 6.58 Å². The van der Waals surface area contributed by atoms with E-state index in [2.05, 4.69) is 11.9 Å². The molecule has 0 saturated carbocycles. The molecule has 0 fully saturated rings. The Hall–Kier alpha value is -3.74. The highest BCUT2D eigenvalue weighted by Gasteiger charge is 2.36. The predicted octanol–water partition coefficient (Wildman–Crippen LogP) is 3.28. The Kier molecular flexibility index (Phi) is 7.99. The van der Waals surface area contributed by atoms with Gasteiger partial charge in [0.25, 0.3) is 5.91 Å². The number of benzene rings is 2. The van der Waals surface area contributed by atoms with E-state index in [1.165, 1.54) is 4.90 Å². The molecule has 3 amide bonds. The molecule has 0 aromatic heterocycles. The van der Waals surface area contributed by atoms with E-state index in [0.29, 0.717) is 17.8 Å². The molecule has 1 aliphatic heterocycles. The number of hydrogen-bond donors (Lipinski definition) is 2. The fourth-order valence-corrected chi connectivity index (χ4v) is 4.30. The first-order valence-electron chi connectivity index (χ1n) is 11.4. The molecule has 1 unspecified atom stereocenters. The molecule has 0 saturated heterocycles. The molecule has 0 radical (unpaired) electrons. The highest BCUT2D eigenvalue weighted by molar-refractivity contribution is 6.20. The first kappa shape index (κ1) is 24.9. The van der Waals surface area contributed by atoms with Gasteiger partial charge in [0, 0.05) is 18.2 Å². The topological polar surface area (TPSA) is 105 Å². The second-order valence-electron chi connectivity index (χ2n) is 8.94.